The first kappa shape index (κ1) is 14.3. The summed E-state index contributed by atoms with van der Waals surface area (Å²) in [6.07, 6.45) is 3.59. The number of fused-ring (bicyclic) bond motifs is 1. The lowest BCUT2D eigenvalue weighted by molar-refractivity contribution is 0.0951. The molecule has 2 aromatic rings. The third-order valence-electron chi connectivity index (χ3n) is 3.05. The zero-order chi connectivity index (χ0) is 14.5. The summed E-state index contributed by atoms with van der Waals surface area (Å²) in [6.45, 7) is 5.89. The lowest BCUT2D eigenvalue weighted by atomic mass is 10.2. The van der Waals surface area contributed by atoms with E-state index >= 15 is 0 Å². The molecule has 5 heteroatoms. The first-order valence-electron chi connectivity index (χ1n) is 6.60. The van der Waals surface area contributed by atoms with Gasteiger partial charge in [0.05, 0.1) is 17.4 Å². The van der Waals surface area contributed by atoms with Gasteiger partial charge in [-0.1, -0.05) is 6.08 Å². The summed E-state index contributed by atoms with van der Waals surface area (Å²) in [4.78, 5) is 18.4. The molecule has 0 unspecified atom stereocenters. The summed E-state index contributed by atoms with van der Waals surface area (Å²) >= 11 is 0. The average Bonchev–Trinajstić information content (AvgIpc) is 2.81. The van der Waals surface area contributed by atoms with Gasteiger partial charge in [-0.2, -0.15) is 0 Å². The Morgan fingerprint density at radius 1 is 1.50 bits per heavy atom. The molecule has 106 valence electrons. The molecule has 1 aromatic heterocycles. The average molecular weight is 272 g/mol. The molecular weight excluding hydrogens is 252 g/mol. The molecule has 0 saturated heterocycles. The van der Waals surface area contributed by atoms with Crippen LogP contribution in [0.1, 0.15) is 10.4 Å². The molecule has 0 aliphatic rings. The Balaban J connectivity index is 2.11. The Morgan fingerprint density at radius 2 is 2.30 bits per heavy atom. The van der Waals surface area contributed by atoms with Gasteiger partial charge in [-0.05, 0) is 32.3 Å². The Hall–Kier alpha value is -2.14. The monoisotopic (exact) mass is 272 g/mol. The van der Waals surface area contributed by atoms with Crippen molar-refractivity contribution in [3.8, 4) is 0 Å². The van der Waals surface area contributed by atoms with Gasteiger partial charge < -0.3 is 14.8 Å². The summed E-state index contributed by atoms with van der Waals surface area (Å²) in [5.41, 5.74) is 2.47. The van der Waals surface area contributed by atoms with Crippen molar-refractivity contribution in [3.05, 3.63) is 42.7 Å². The van der Waals surface area contributed by atoms with E-state index in [-0.39, 0.29) is 5.91 Å². The fraction of sp³-hybridized carbons (Fsp3) is 0.333. The number of nitrogens with one attached hydrogen (secondary N) is 1. The number of likely N-dealkylation sites (N-methyl/N-ethyl adjacent to an activating group) is 1. The van der Waals surface area contributed by atoms with Crippen LogP contribution in [0.5, 0.6) is 0 Å². The molecule has 20 heavy (non-hydrogen) atoms. The minimum atomic E-state index is -0.0629. The minimum Gasteiger partial charge on any atom is -0.351 e. The molecule has 1 amide bonds. The van der Waals surface area contributed by atoms with Crippen LogP contribution in [0.25, 0.3) is 11.0 Å². The van der Waals surface area contributed by atoms with E-state index in [9.17, 15) is 4.79 Å². The van der Waals surface area contributed by atoms with Gasteiger partial charge in [-0.15, -0.1) is 6.58 Å². The second-order valence-electron chi connectivity index (χ2n) is 4.95. The van der Waals surface area contributed by atoms with Crippen LogP contribution in [-0.2, 0) is 6.54 Å². The summed E-state index contributed by atoms with van der Waals surface area (Å²) < 4.78 is 2.00. The number of carbonyl (C=O) groups is 1. The minimum absolute atomic E-state index is 0.0629. The maximum Gasteiger partial charge on any atom is 0.251 e. The quantitative estimate of drug-likeness (QED) is 0.811. The van der Waals surface area contributed by atoms with Crippen molar-refractivity contribution in [1.82, 2.24) is 19.8 Å². The molecule has 0 saturated carbocycles. The lowest BCUT2D eigenvalue weighted by Crippen LogP contribution is -2.31. The molecule has 0 spiro atoms. The van der Waals surface area contributed by atoms with Crippen LogP contribution >= 0.6 is 0 Å². The molecule has 0 radical (unpaired) electrons. The summed E-state index contributed by atoms with van der Waals surface area (Å²) in [5, 5.41) is 2.90. The Labute approximate surface area is 118 Å². The summed E-state index contributed by atoms with van der Waals surface area (Å²) in [6, 6.07) is 5.57. The largest absolute Gasteiger partial charge is 0.351 e. The molecule has 0 aliphatic heterocycles. The van der Waals surface area contributed by atoms with Crippen molar-refractivity contribution in [1.29, 1.82) is 0 Å². The molecule has 5 nitrogen and oxygen atoms in total. The highest BCUT2D eigenvalue weighted by Gasteiger charge is 2.08. The van der Waals surface area contributed by atoms with Gasteiger partial charge >= 0.3 is 0 Å². The third-order valence-corrected chi connectivity index (χ3v) is 3.05. The number of carbonyl (C=O) groups excluding carboxylic acids is 1. The third kappa shape index (κ3) is 3.24. The number of hydrogen-bond acceptors (Lipinski definition) is 3. The van der Waals surface area contributed by atoms with E-state index in [1.807, 2.05) is 47.8 Å². The van der Waals surface area contributed by atoms with Crippen LogP contribution in [0.3, 0.4) is 0 Å². The first-order chi connectivity index (χ1) is 9.61. The highest BCUT2D eigenvalue weighted by Crippen LogP contribution is 2.15. The first-order valence-corrected chi connectivity index (χ1v) is 6.60. The van der Waals surface area contributed by atoms with E-state index < -0.39 is 0 Å². The molecule has 2 rings (SSSR count). The zero-order valence-corrected chi connectivity index (χ0v) is 12.0. The molecule has 1 heterocycles. The maximum atomic E-state index is 12.0. The van der Waals surface area contributed by atoms with Gasteiger partial charge in [0.25, 0.3) is 5.91 Å². The van der Waals surface area contributed by atoms with E-state index in [1.165, 1.54) is 0 Å². The van der Waals surface area contributed by atoms with Crippen molar-refractivity contribution in [2.75, 3.05) is 27.2 Å². The molecule has 1 N–H and O–H groups in total. The molecule has 0 bridgehead atoms. The molecule has 0 fully saturated rings. The molecule has 1 aromatic carbocycles. The van der Waals surface area contributed by atoms with Crippen molar-refractivity contribution < 1.29 is 4.79 Å². The van der Waals surface area contributed by atoms with Gasteiger partial charge in [0, 0.05) is 25.2 Å². The highest BCUT2D eigenvalue weighted by atomic mass is 16.1. The fourth-order valence-electron chi connectivity index (χ4n) is 1.98. The maximum absolute atomic E-state index is 12.0. The topological polar surface area (TPSA) is 50.2 Å². The Kier molecular flexibility index (Phi) is 4.53. The second-order valence-corrected chi connectivity index (χ2v) is 4.95. The van der Waals surface area contributed by atoms with E-state index in [2.05, 4.69) is 16.9 Å². The van der Waals surface area contributed by atoms with E-state index in [0.29, 0.717) is 18.7 Å². The van der Waals surface area contributed by atoms with Crippen LogP contribution in [0.4, 0.5) is 0 Å². The summed E-state index contributed by atoms with van der Waals surface area (Å²) in [7, 11) is 3.95. The number of imidazole rings is 1. The van der Waals surface area contributed by atoms with E-state index in [0.717, 1.165) is 17.6 Å². The molecule has 0 aliphatic carbocycles. The zero-order valence-electron chi connectivity index (χ0n) is 12.0. The van der Waals surface area contributed by atoms with Gasteiger partial charge in [0.2, 0.25) is 0 Å². The van der Waals surface area contributed by atoms with Crippen molar-refractivity contribution in [3.63, 3.8) is 0 Å². The lowest BCUT2D eigenvalue weighted by Gasteiger charge is -2.10. The second kappa shape index (κ2) is 6.34. The fourth-order valence-corrected chi connectivity index (χ4v) is 1.98. The van der Waals surface area contributed by atoms with E-state index in [1.54, 1.807) is 6.33 Å². The van der Waals surface area contributed by atoms with E-state index in [4.69, 9.17) is 0 Å². The van der Waals surface area contributed by atoms with Crippen LogP contribution in [0.15, 0.2) is 37.2 Å². The number of rotatable bonds is 6. The number of benzene rings is 1. The smallest absolute Gasteiger partial charge is 0.251 e. The number of hydrogen-bond donors (Lipinski definition) is 1. The van der Waals surface area contributed by atoms with Crippen molar-refractivity contribution in [2.24, 2.45) is 0 Å². The number of allylic oxidation sites excluding steroid dienone is 1. The summed E-state index contributed by atoms with van der Waals surface area (Å²) in [5.74, 6) is -0.0629. The normalized spacial score (nSPS) is 10.9. The van der Waals surface area contributed by atoms with Crippen molar-refractivity contribution >= 4 is 16.9 Å². The van der Waals surface area contributed by atoms with Crippen LogP contribution in [-0.4, -0.2) is 47.5 Å². The SMILES string of the molecule is C=CCn1cnc2cc(C(=O)NCCN(C)C)ccc21. The van der Waals surface area contributed by atoms with Crippen LogP contribution < -0.4 is 5.32 Å². The molecule has 0 atom stereocenters. The number of aromatic nitrogens is 2. The van der Waals surface area contributed by atoms with Crippen LogP contribution in [0, 0.1) is 0 Å². The number of amides is 1. The van der Waals surface area contributed by atoms with Gasteiger partial charge in [0.1, 0.15) is 0 Å². The number of nitrogens with zero attached hydrogens (tertiary/aromatic N) is 3. The Morgan fingerprint density at radius 3 is 3.00 bits per heavy atom. The predicted octanol–water partition coefficient (Wildman–Crippen LogP) is 1.51. The highest BCUT2D eigenvalue weighted by molar-refractivity contribution is 5.97. The standard InChI is InChI=1S/C15H20N4O/c1-4-8-19-11-17-13-10-12(5-6-14(13)19)15(20)16-7-9-18(2)3/h4-6,10-11H,1,7-9H2,2-3H3,(H,16,20). The van der Waals surface area contributed by atoms with Gasteiger partial charge in [0.15, 0.2) is 0 Å². The van der Waals surface area contributed by atoms with Gasteiger partial charge in [-0.3, -0.25) is 4.79 Å². The predicted molar refractivity (Wildman–Crippen MR) is 80.8 cm³/mol. The Bertz CT molecular complexity index is 615. The molecular formula is C15H20N4O. The van der Waals surface area contributed by atoms with Crippen molar-refractivity contribution in [2.45, 2.75) is 6.54 Å². The van der Waals surface area contributed by atoms with Crippen LogP contribution in [0.2, 0.25) is 0 Å². The van der Waals surface area contributed by atoms with Gasteiger partial charge in [-0.25, -0.2) is 4.98 Å².